The second kappa shape index (κ2) is 9.21. The summed E-state index contributed by atoms with van der Waals surface area (Å²) >= 11 is 0. The second-order valence-corrected chi connectivity index (χ2v) is 9.56. The topological polar surface area (TPSA) is 38.3 Å². The number of amides is 1. The lowest BCUT2D eigenvalue weighted by Crippen LogP contribution is -2.48. The summed E-state index contributed by atoms with van der Waals surface area (Å²) in [6.45, 7) is 0.716. The molecular formula is C26H30F3N2O2+. The van der Waals surface area contributed by atoms with Crippen molar-refractivity contribution in [3.05, 3.63) is 64.7 Å². The molecule has 0 unspecified atom stereocenters. The lowest BCUT2D eigenvalue weighted by atomic mass is 9.92. The van der Waals surface area contributed by atoms with E-state index in [9.17, 15) is 18.0 Å². The molecule has 0 spiro atoms. The number of nitrogens with zero attached hydrogens (tertiary/aromatic N) is 1. The molecule has 7 heteroatoms. The number of hydrogen-bond acceptors (Lipinski definition) is 2. The summed E-state index contributed by atoms with van der Waals surface area (Å²) in [5, 5.41) is 2.83. The molecule has 1 fully saturated rings. The van der Waals surface area contributed by atoms with Crippen molar-refractivity contribution in [1.29, 1.82) is 0 Å². The number of carbonyl (C=O) groups excluding carboxylic acids is 1. The standard InChI is InChI=1S/C26H29F3N2O2/c1-31(2,22-8-4-3-5-9-22)16-18-11-13-21(14-12-18)30-25(32)20-15-19-7-6-10-23(26(27,28)29)24(19)33-17-20/h6-7,10-15,22H,3-5,8-9,16-17H2,1-2H3/p+1. The Morgan fingerprint density at radius 1 is 1.06 bits per heavy atom. The van der Waals surface area contributed by atoms with Crippen LogP contribution in [0.2, 0.25) is 0 Å². The van der Waals surface area contributed by atoms with Crippen LogP contribution in [0.5, 0.6) is 5.75 Å². The first kappa shape index (κ1) is 23.4. The zero-order valence-electron chi connectivity index (χ0n) is 19.0. The first-order chi connectivity index (χ1) is 15.6. The Balaban J connectivity index is 1.42. The van der Waals surface area contributed by atoms with E-state index in [2.05, 4.69) is 19.4 Å². The Bertz CT molecular complexity index is 1040. The van der Waals surface area contributed by atoms with E-state index in [1.807, 2.05) is 24.3 Å². The molecule has 1 N–H and O–H groups in total. The second-order valence-electron chi connectivity index (χ2n) is 9.56. The van der Waals surface area contributed by atoms with Gasteiger partial charge in [0, 0.05) is 16.8 Å². The third-order valence-corrected chi connectivity index (χ3v) is 6.71. The maximum Gasteiger partial charge on any atom is 0.419 e. The lowest BCUT2D eigenvalue weighted by Gasteiger charge is -2.40. The lowest BCUT2D eigenvalue weighted by molar-refractivity contribution is -0.929. The number of ether oxygens (including phenoxy) is 1. The maximum atomic E-state index is 13.2. The predicted molar refractivity (Wildman–Crippen MR) is 123 cm³/mol. The molecule has 33 heavy (non-hydrogen) atoms. The number of benzene rings is 2. The zero-order valence-corrected chi connectivity index (χ0v) is 19.0. The molecule has 2 aliphatic rings. The highest BCUT2D eigenvalue weighted by Crippen LogP contribution is 2.40. The molecule has 1 aliphatic heterocycles. The molecule has 2 aromatic carbocycles. The van der Waals surface area contributed by atoms with Crippen molar-refractivity contribution < 1.29 is 27.2 Å². The van der Waals surface area contributed by atoms with Gasteiger partial charge in [0.15, 0.2) is 0 Å². The Morgan fingerprint density at radius 2 is 1.76 bits per heavy atom. The fourth-order valence-corrected chi connectivity index (χ4v) is 4.85. The van der Waals surface area contributed by atoms with Crippen LogP contribution in [0, 0.1) is 0 Å². The van der Waals surface area contributed by atoms with Gasteiger partial charge in [-0.15, -0.1) is 0 Å². The number of fused-ring (bicyclic) bond motifs is 1. The van der Waals surface area contributed by atoms with Crippen LogP contribution in [0.3, 0.4) is 0 Å². The summed E-state index contributed by atoms with van der Waals surface area (Å²) in [5.74, 6) is -0.617. The Kier molecular flexibility index (Phi) is 6.52. The van der Waals surface area contributed by atoms with Crippen molar-refractivity contribution in [2.75, 3.05) is 26.0 Å². The molecular weight excluding hydrogens is 429 g/mol. The predicted octanol–water partition coefficient (Wildman–Crippen LogP) is 6.03. The van der Waals surface area contributed by atoms with Crippen LogP contribution in [0.15, 0.2) is 48.0 Å². The number of hydrogen-bond donors (Lipinski definition) is 1. The van der Waals surface area contributed by atoms with Gasteiger partial charge in [-0.1, -0.05) is 30.7 Å². The number of nitrogens with one attached hydrogen (secondary N) is 1. The molecule has 1 heterocycles. The molecule has 4 rings (SSSR count). The smallest absolute Gasteiger partial charge is 0.419 e. The van der Waals surface area contributed by atoms with Crippen LogP contribution in [-0.4, -0.2) is 37.1 Å². The van der Waals surface area contributed by atoms with Crippen LogP contribution in [0.1, 0.15) is 48.8 Å². The normalized spacial score (nSPS) is 17.1. The highest BCUT2D eigenvalue weighted by molar-refractivity contribution is 6.07. The largest absolute Gasteiger partial charge is 0.487 e. The third-order valence-electron chi connectivity index (χ3n) is 6.71. The van der Waals surface area contributed by atoms with Crippen molar-refractivity contribution in [3.63, 3.8) is 0 Å². The zero-order chi connectivity index (χ0) is 23.6. The number of carbonyl (C=O) groups is 1. The maximum absolute atomic E-state index is 13.2. The van der Waals surface area contributed by atoms with Gasteiger partial charge in [0.05, 0.1) is 31.3 Å². The summed E-state index contributed by atoms with van der Waals surface area (Å²) in [6.07, 6.45) is 3.43. The molecule has 0 aromatic heterocycles. The quantitative estimate of drug-likeness (QED) is 0.555. The number of alkyl halides is 3. The highest BCUT2D eigenvalue weighted by Gasteiger charge is 2.36. The number of para-hydroxylation sites is 1. The van der Waals surface area contributed by atoms with Crippen molar-refractivity contribution >= 4 is 17.7 Å². The molecule has 0 radical (unpaired) electrons. The van der Waals surface area contributed by atoms with Crippen molar-refractivity contribution in [2.24, 2.45) is 0 Å². The van der Waals surface area contributed by atoms with Crippen LogP contribution >= 0.6 is 0 Å². The minimum atomic E-state index is -4.51. The third kappa shape index (κ3) is 5.41. The molecule has 1 aliphatic carbocycles. The van der Waals surface area contributed by atoms with E-state index in [1.54, 1.807) is 0 Å². The van der Waals surface area contributed by atoms with Gasteiger partial charge in [-0.3, -0.25) is 4.79 Å². The minimum absolute atomic E-state index is 0.211. The van der Waals surface area contributed by atoms with E-state index < -0.39 is 11.7 Å². The van der Waals surface area contributed by atoms with E-state index in [4.69, 9.17) is 4.74 Å². The number of halogens is 3. The number of anilines is 1. The van der Waals surface area contributed by atoms with Crippen LogP contribution in [-0.2, 0) is 17.5 Å². The monoisotopic (exact) mass is 459 g/mol. The summed E-state index contributed by atoms with van der Waals surface area (Å²) in [6, 6.07) is 12.3. The van der Waals surface area contributed by atoms with Gasteiger partial charge in [-0.25, -0.2) is 0 Å². The molecule has 0 bridgehead atoms. The fourth-order valence-electron chi connectivity index (χ4n) is 4.85. The van der Waals surface area contributed by atoms with Crippen molar-refractivity contribution in [3.8, 4) is 5.75 Å². The van der Waals surface area contributed by atoms with Crippen LogP contribution in [0.4, 0.5) is 18.9 Å². The molecule has 0 atom stereocenters. The SMILES string of the molecule is C[N+](C)(Cc1ccc(NC(=O)C2=Cc3cccc(C(F)(F)F)c3OC2)cc1)C1CCCCC1. The molecule has 176 valence electrons. The Labute approximate surface area is 192 Å². The van der Waals surface area contributed by atoms with Gasteiger partial charge < -0.3 is 14.5 Å². The first-order valence-electron chi connectivity index (χ1n) is 11.4. The highest BCUT2D eigenvalue weighted by atomic mass is 19.4. The average Bonchev–Trinajstić information content (AvgIpc) is 2.79. The molecule has 1 saturated carbocycles. The fraction of sp³-hybridized carbons (Fsp3) is 0.423. The van der Waals surface area contributed by atoms with Gasteiger partial charge in [-0.2, -0.15) is 13.2 Å². The van der Waals surface area contributed by atoms with E-state index >= 15 is 0 Å². The summed E-state index contributed by atoms with van der Waals surface area (Å²) in [4.78, 5) is 12.7. The minimum Gasteiger partial charge on any atom is -0.487 e. The van der Waals surface area contributed by atoms with Crippen LogP contribution < -0.4 is 10.1 Å². The average molecular weight is 460 g/mol. The molecule has 1 amide bonds. The van der Waals surface area contributed by atoms with Crippen molar-refractivity contribution in [1.82, 2.24) is 0 Å². The Morgan fingerprint density at radius 3 is 2.42 bits per heavy atom. The molecule has 0 saturated heterocycles. The van der Waals surface area contributed by atoms with Gasteiger partial charge in [-0.05, 0) is 50.0 Å². The van der Waals surface area contributed by atoms with Gasteiger partial charge in [0.2, 0.25) is 0 Å². The first-order valence-corrected chi connectivity index (χ1v) is 11.4. The molecule has 2 aromatic rings. The van der Waals surface area contributed by atoms with Gasteiger partial charge >= 0.3 is 6.18 Å². The van der Waals surface area contributed by atoms with Gasteiger partial charge in [0.25, 0.3) is 5.91 Å². The van der Waals surface area contributed by atoms with Crippen molar-refractivity contribution in [2.45, 2.75) is 50.9 Å². The van der Waals surface area contributed by atoms with Crippen LogP contribution in [0.25, 0.3) is 6.08 Å². The summed E-state index contributed by atoms with van der Waals surface area (Å²) < 4.78 is 45.8. The Hall–Kier alpha value is -2.80. The summed E-state index contributed by atoms with van der Waals surface area (Å²) in [5.41, 5.74) is 1.54. The molecule has 4 nitrogen and oxygen atoms in total. The van der Waals surface area contributed by atoms with E-state index in [0.29, 0.717) is 11.7 Å². The van der Waals surface area contributed by atoms with E-state index in [0.717, 1.165) is 17.1 Å². The summed E-state index contributed by atoms with van der Waals surface area (Å²) in [7, 11) is 4.56. The van der Waals surface area contributed by atoms with E-state index in [-0.39, 0.29) is 29.4 Å². The van der Waals surface area contributed by atoms with Gasteiger partial charge in [0.1, 0.15) is 18.9 Å². The number of quaternary nitrogens is 1. The van der Waals surface area contributed by atoms with E-state index in [1.165, 1.54) is 55.9 Å². The number of rotatable bonds is 5.